The van der Waals surface area contributed by atoms with Crippen LogP contribution in [-0.4, -0.2) is 13.8 Å². The largest absolute Gasteiger partial charge is 0.367 e. The summed E-state index contributed by atoms with van der Waals surface area (Å²) < 4.78 is 4.76. The molecule has 0 aliphatic carbocycles. The molecule has 0 aliphatic heterocycles. The Balaban J connectivity index is 3.12. The summed E-state index contributed by atoms with van der Waals surface area (Å²) in [5.41, 5.74) is 1.15. The highest BCUT2D eigenvalue weighted by molar-refractivity contribution is 4.90. The van der Waals surface area contributed by atoms with Crippen LogP contribution < -0.4 is 5.32 Å². The van der Waals surface area contributed by atoms with Gasteiger partial charge in [-0.05, 0) is 13.8 Å². The molecular weight excluding hydrogens is 102 g/mol. The molecule has 0 aromatic carbocycles. The van der Waals surface area contributed by atoms with E-state index in [0.29, 0.717) is 6.73 Å². The van der Waals surface area contributed by atoms with E-state index in [9.17, 15) is 0 Å². The van der Waals surface area contributed by atoms with Gasteiger partial charge in [0.1, 0.15) is 6.73 Å². The van der Waals surface area contributed by atoms with Crippen LogP contribution >= 0.6 is 0 Å². The summed E-state index contributed by atoms with van der Waals surface area (Å²) in [4.78, 5) is 0. The minimum atomic E-state index is 0.593. The summed E-state index contributed by atoms with van der Waals surface area (Å²) in [5.74, 6) is 0. The Labute approximate surface area is 50.5 Å². The number of rotatable bonds is 3. The lowest BCUT2D eigenvalue weighted by atomic mass is 10.5. The van der Waals surface area contributed by atoms with Crippen molar-refractivity contribution in [2.75, 3.05) is 13.8 Å². The first-order valence-corrected chi connectivity index (χ1v) is 2.67. The highest BCUT2D eigenvalue weighted by atomic mass is 16.5. The van der Waals surface area contributed by atoms with Gasteiger partial charge in [-0.2, -0.15) is 0 Å². The number of ether oxygens (including phenoxy) is 1. The van der Waals surface area contributed by atoms with Gasteiger partial charge in [-0.25, -0.2) is 0 Å². The average molecular weight is 115 g/mol. The minimum Gasteiger partial charge on any atom is -0.367 e. The third kappa shape index (κ3) is 3.68. The van der Waals surface area contributed by atoms with Crippen molar-refractivity contribution in [2.45, 2.75) is 13.8 Å². The van der Waals surface area contributed by atoms with Gasteiger partial charge < -0.3 is 10.1 Å². The van der Waals surface area contributed by atoms with Gasteiger partial charge in [0.15, 0.2) is 0 Å². The quantitative estimate of drug-likeness (QED) is 0.556. The van der Waals surface area contributed by atoms with Crippen molar-refractivity contribution >= 4 is 0 Å². The van der Waals surface area contributed by atoms with Crippen LogP contribution in [0.15, 0.2) is 11.8 Å². The molecule has 0 amide bonds. The summed E-state index contributed by atoms with van der Waals surface area (Å²) in [7, 11) is 1.66. The van der Waals surface area contributed by atoms with Gasteiger partial charge in [0.05, 0.1) is 0 Å². The normalized spacial score (nSPS) is 11.6. The van der Waals surface area contributed by atoms with Gasteiger partial charge in [-0.3, -0.25) is 0 Å². The van der Waals surface area contributed by atoms with Crippen molar-refractivity contribution in [3.05, 3.63) is 11.8 Å². The van der Waals surface area contributed by atoms with E-state index in [2.05, 4.69) is 5.32 Å². The van der Waals surface area contributed by atoms with Crippen molar-refractivity contribution in [1.29, 1.82) is 0 Å². The maximum Gasteiger partial charge on any atom is 0.115 e. The Bertz CT molecular complexity index is 78.6. The van der Waals surface area contributed by atoms with Crippen LogP contribution in [0.3, 0.4) is 0 Å². The molecule has 0 spiro atoms. The summed E-state index contributed by atoms with van der Waals surface area (Å²) in [6, 6.07) is 0. The van der Waals surface area contributed by atoms with Crippen molar-refractivity contribution in [3.8, 4) is 0 Å². The summed E-state index contributed by atoms with van der Waals surface area (Å²) in [6.45, 7) is 4.58. The van der Waals surface area contributed by atoms with Crippen LogP contribution in [0.2, 0.25) is 0 Å². The standard InChI is InChI=1S/C6H13NO/c1-4-6(2)7-5-8-3/h4,7H,5H2,1-3H3. The molecule has 0 rings (SSSR count). The molecule has 0 heterocycles. The zero-order valence-corrected chi connectivity index (χ0v) is 5.69. The average Bonchev–Trinajstić information content (AvgIpc) is 1.83. The molecule has 0 atom stereocenters. The molecule has 0 aromatic heterocycles. The summed E-state index contributed by atoms with van der Waals surface area (Å²) >= 11 is 0. The van der Waals surface area contributed by atoms with Gasteiger partial charge in [-0.1, -0.05) is 6.08 Å². The molecule has 0 unspecified atom stereocenters. The Morgan fingerprint density at radius 2 is 2.38 bits per heavy atom. The molecule has 48 valence electrons. The fourth-order valence-corrected chi connectivity index (χ4v) is 0.288. The molecule has 0 fully saturated rings. The Morgan fingerprint density at radius 3 is 2.75 bits per heavy atom. The molecule has 2 nitrogen and oxygen atoms in total. The molecule has 1 N–H and O–H groups in total. The highest BCUT2D eigenvalue weighted by Crippen LogP contribution is 1.81. The van der Waals surface area contributed by atoms with Gasteiger partial charge in [-0.15, -0.1) is 0 Å². The highest BCUT2D eigenvalue weighted by Gasteiger charge is 1.79. The monoisotopic (exact) mass is 115 g/mol. The molecule has 8 heavy (non-hydrogen) atoms. The number of hydrogen-bond acceptors (Lipinski definition) is 2. The van der Waals surface area contributed by atoms with E-state index in [1.54, 1.807) is 7.11 Å². The SMILES string of the molecule is CC=C(C)NCOC. The molecule has 2 heteroatoms. The Morgan fingerprint density at radius 1 is 1.75 bits per heavy atom. The van der Waals surface area contributed by atoms with Crippen molar-refractivity contribution in [2.24, 2.45) is 0 Å². The minimum absolute atomic E-state index is 0.593. The third-order valence-electron chi connectivity index (χ3n) is 0.928. The van der Waals surface area contributed by atoms with Gasteiger partial charge in [0, 0.05) is 12.8 Å². The van der Waals surface area contributed by atoms with Crippen molar-refractivity contribution in [3.63, 3.8) is 0 Å². The first-order chi connectivity index (χ1) is 3.81. The maximum atomic E-state index is 4.76. The number of allylic oxidation sites excluding steroid dienone is 2. The van der Waals surface area contributed by atoms with E-state index in [1.165, 1.54) is 0 Å². The van der Waals surface area contributed by atoms with Gasteiger partial charge in [0.25, 0.3) is 0 Å². The second kappa shape index (κ2) is 4.65. The number of hydrogen-bond donors (Lipinski definition) is 1. The molecule has 0 aliphatic rings. The number of methoxy groups -OCH3 is 1. The maximum absolute atomic E-state index is 4.76. The van der Waals surface area contributed by atoms with Gasteiger partial charge in [0.2, 0.25) is 0 Å². The zero-order chi connectivity index (χ0) is 6.41. The van der Waals surface area contributed by atoms with Crippen LogP contribution in [0.4, 0.5) is 0 Å². The van der Waals surface area contributed by atoms with Gasteiger partial charge >= 0.3 is 0 Å². The smallest absolute Gasteiger partial charge is 0.115 e. The Hall–Kier alpha value is -0.500. The molecule has 0 radical (unpaired) electrons. The molecule has 0 aromatic rings. The molecule has 0 bridgehead atoms. The van der Waals surface area contributed by atoms with E-state index in [-0.39, 0.29) is 0 Å². The lowest BCUT2D eigenvalue weighted by Crippen LogP contribution is -2.13. The van der Waals surface area contributed by atoms with E-state index in [4.69, 9.17) is 4.74 Å². The lowest BCUT2D eigenvalue weighted by molar-refractivity contribution is 0.184. The second-order valence-electron chi connectivity index (χ2n) is 1.58. The second-order valence-corrected chi connectivity index (χ2v) is 1.58. The predicted molar refractivity (Wildman–Crippen MR) is 34.4 cm³/mol. The van der Waals surface area contributed by atoms with Crippen LogP contribution in [-0.2, 0) is 4.74 Å². The predicted octanol–water partition coefficient (Wildman–Crippen LogP) is 1.10. The molecular formula is C6H13NO. The Kier molecular flexibility index (Phi) is 4.36. The number of nitrogens with one attached hydrogen (secondary N) is 1. The van der Waals surface area contributed by atoms with E-state index >= 15 is 0 Å². The topological polar surface area (TPSA) is 21.3 Å². The summed E-state index contributed by atoms with van der Waals surface area (Å²) in [5, 5.41) is 3.02. The first kappa shape index (κ1) is 7.50. The van der Waals surface area contributed by atoms with Crippen LogP contribution in [0.1, 0.15) is 13.8 Å². The molecule has 0 saturated heterocycles. The van der Waals surface area contributed by atoms with E-state index in [1.807, 2.05) is 19.9 Å². The fraction of sp³-hybridized carbons (Fsp3) is 0.667. The van der Waals surface area contributed by atoms with E-state index < -0.39 is 0 Å². The first-order valence-electron chi connectivity index (χ1n) is 2.67. The van der Waals surface area contributed by atoms with Crippen molar-refractivity contribution in [1.82, 2.24) is 5.32 Å². The summed E-state index contributed by atoms with van der Waals surface area (Å²) in [6.07, 6.45) is 2.00. The fourth-order valence-electron chi connectivity index (χ4n) is 0.288. The lowest BCUT2D eigenvalue weighted by Gasteiger charge is -2.01. The van der Waals surface area contributed by atoms with Crippen LogP contribution in [0, 0.1) is 0 Å². The van der Waals surface area contributed by atoms with Crippen LogP contribution in [0.5, 0.6) is 0 Å². The molecule has 0 saturated carbocycles. The van der Waals surface area contributed by atoms with Crippen LogP contribution in [0.25, 0.3) is 0 Å². The third-order valence-corrected chi connectivity index (χ3v) is 0.928. The van der Waals surface area contributed by atoms with E-state index in [0.717, 1.165) is 5.70 Å². The van der Waals surface area contributed by atoms with Crippen molar-refractivity contribution < 1.29 is 4.74 Å². The zero-order valence-electron chi connectivity index (χ0n) is 5.69.